The molecule has 5 nitrogen and oxygen atoms in total. The highest BCUT2D eigenvalue weighted by Crippen LogP contribution is 2.53. The van der Waals surface area contributed by atoms with Crippen LogP contribution >= 0.6 is 0 Å². The molecule has 0 unspecified atom stereocenters. The van der Waals surface area contributed by atoms with Crippen LogP contribution in [0.5, 0.6) is 0 Å². The fourth-order valence-corrected chi connectivity index (χ4v) is 9.08. The van der Waals surface area contributed by atoms with Crippen LogP contribution in [0, 0.1) is 0 Å². The SMILES string of the molecule is CC1(C)c2cc(-n3c4ccccc4c4cccnc43)ccc2-c2cccc(-c3nc(-c4ccccc4-c4ccccc4)nc(-c4ccccc4-c4ccccc4)n3)c21. The molecule has 274 valence electrons. The molecule has 0 aliphatic heterocycles. The molecule has 0 atom stereocenters. The van der Waals surface area contributed by atoms with Gasteiger partial charge in [-0.3, -0.25) is 4.57 Å². The van der Waals surface area contributed by atoms with Gasteiger partial charge in [-0.25, -0.2) is 19.9 Å². The topological polar surface area (TPSA) is 56.5 Å². The number of nitrogens with zero attached hydrogens (tertiary/aromatic N) is 5. The minimum absolute atomic E-state index is 0.375. The molecule has 1 aliphatic rings. The largest absolute Gasteiger partial charge is 0.294 e. The number of para-hydroxylation sites is 1. The van der Waals surface area contributed by atoms with Crippen LogP contribution in [-0.2, 0) is 5.41 Å². The smallest absolute Gasteiger partial charge is 0.164 e. The molecule has 0 saturated heterocycles. The second-order valence-corrected chi connectivity index (χ2v) is 15.4. The van der Waals surface area contributed by atoms with Crippen LogP contribution in [0.1, 0.15) is 25.0 Å². The van der Waals surface area contributed by atoms with E-state index in [1.807, 2.05) is 24.4 Å². The minimum Gasteiger partial charge on any atom is -0.294 e. The van der Waals surface area contributed by atoms with Crippen LogP contribution in [0.3, 0.4) is 0 Å². The first-order valence-corrected chi connectivity index (χ1v) is 19.7. The van der Waals surface area contributed by atoms with Crippen molar-refractivity contribution in [1.29, 1.82) is 0 Å². The van der Waals surface area contributed by atoms with E-state index >= 15 is 0 Å². The van der Waals surface area contributed by atoms with E-state index in [4.69, 9.17) is 19.9 Å². The molecule has 3 heterocycles. The Hall–Kier alpha value is -7.50. The van der Waals surface area contributed by atoms with Crippen molar-refractivity contribution in [3.63, 3.8) is 0 Å². The van der Waals surface area contributed by atoms with E-state index in [2.05, 4.69) is 182 Å². The Morgan fingerprint density at radius 1 is 0.414 bits per heavy atom. The zero-order chi connectivity index (χ0) is 38.8. The summed E-state index contributed by atoms with van der Waals surface area (Å²) in [4.78, 5) is 20.9. The first kappa shape index (κ1) is 33.8. The molecule has 0 amide bonds. The maximum Gasteiger partial charge on any atom is 0.164 e. The Morgan fingerprint density at radius 3 is 1.59 bits per heavy atom. The van der Waals surface area contributed by atoms with Crippen LogP contribution in [0.25, 0.3) is 95.2 Å². The average Bonchev–Trinajstić information content (AvgIpc) is 3.75. The van der Waals surface area contributed by atoms with Crippen LogP contribution in [0.15, 0.2) is 188 Å². The number of hydrogen-bond donors (Lipinski definition) is 0. The van der Waals surface area contributed by atoms with Crippen molar-refractivity contribution < 1.29 is 0 Å². The van der Waals surface area contributed by atoms with Crippen LogP contribution in [-0.4, -0.2) is 24.5 Å². The fourth-order valence-electron chi connectivity index (χ4n) is 9.08. The maximum absolute atomic E-state index is 5.39. The number of benzene rings is 7. The minimum atomic E-state index is -0.375. The number of hydrogen-bond acceptors (Lipinski definition) is 4. The third kappa shape index (κ3) is 5.31. The van der Waals surface area contributed by atoms with Crippen molar-refractivity contribution in [2.24, 2.45) is 0 Å². The molecular weight excluding hydrogens is 707 g/mol. The van der Waals surface area contributed by atoms with E-state index in [-0.39, 0.29) is 5.41 Å². The van der Waals surface area contributed by atoms with E-state index in [1.165, 1.54) is 27.6 Å². The molecule has 0 bridgehead atoms. The molecule has 1 aliphatic carbocycles. The molecule has 0 N–H and O–H groups in total. The first-order valence-electron chi connectivity index (χ1n) is 19.7. The second-order valence-electron chi connectivity index (χ2n) is 15.4. The predicted octanol–water partition coefficient (Wildman–Crippen LogP) is 13.0. The second kappa shape index (κ2) is 13.3. The van der Waals surface area contributed by atoms with Gasteiger partial charge in [0.05, 0.1) is 5.52 Å². The highest BCUT2D eigenvalue weighted by atomic mass is 15.0. The predicted molar refractivity (Wildman–Crippen MR) is 237 cm³/mol. The Bertz CT molecular complexity index is 3040. The maximum atomic E-state index is 5.39. The van der Waals surface area contributed by atoms with Gasteiger partial charge < -0.3 is 0 Å². The van der Waals surface area contributed by atoms with Gasteiger partial charge in [-0.05, 0) is 74.8 Å². The third-order valence-electron chi connectivity index (χ3n) is 11.7. The third-order valence-corrected chi connectivity index (χ3v) is 11.7. The van der Waals surface area contributed by atoms with Crippen molar-refractivity contribution >= 4 is 21.9 Å². The highest BCUT2D eigenvalue weighted by molar-refractivity contribution is 6.08. The van der Waals surface area contributed by atoms with Crippen molar-refractivity contribution in [2.45, 2.75) is 19.3 Å². The Balaban J connectivity index is 1.12. The van der Waals surface area contributed by atoms with Crippen molar-refractivity contribution in [3.8, 4) is 73.2 Å². The zero-order valence-corrected chi connectivity index (χ0v) is 32.1. The van der Waals surface area contributed by atoms with Gasteiger partial charge >= 0.3 is 0 Å². The molecule has 7 aromatic carbocycles. The van der Waals surface area contributed by atoms with E-state index in [0.29, 0.717) is 17.5 Å². The molecule has 5 heteroatoms. The van der Waals surface area contributed by atoms with Gasteiger partial charge in [-0.2, -0.15) is 0 Å². The Labute approximate surface area is 337 Å². The van der Waals surface area contributed by atoms with E-state index < -0.39 is 0 Å². The lowest BCUT2D eigenvalue weighted by Gasteiger charge is -2.25. The summed E-state index contributed by atoms with van der Waals surface area (Å²) in [5.74, 6) is 1.92. The molecular formula is C53H37N5. The van der Waals surface area contributed by atoms with Gasteiger partial charge in [0.25, 0.3) is 0 Å². The highest BCUT2D eigenvalue weighted by Gasteiger charge is 2.39. The van der Waals surface area contributed by atoms with Gasteiger partial charge in [-0.15, -0.1) is 0 Å². The lowest BCUT2D eigenvalue weighted by molar-refractivity contribution is 0.660. The number of rotatable bonds is 6. The number of aromatic nitrogens is 5. The van der Waals surface area contributed by atoms with Crippen LogP contribution < -0.4 is 0 Å². The van der Waals surface area contributed by atoms with Crippen molar-refractivity contribution in [2.75, 3.05) is 0 Å². The molecule has 0 radical (unpaired) electrons. The summed E-state index contributed by atoms with van der Waals surface area (Å²) in [6, 6.07) is 63.9. The van der Waals surface area contributed by atoms with E-state index in [1.54, 1.807) is 0 Å². The number of pyridine rings is 1. The van der Waals surface area contributed by atoms with Crippen molar-refractivity contribution in [3.05, 3.63) is 199 Å². The van der Waals surface area contributed by atoms with Gasteiger partial charge in [0, 0.05) is 44.8 Å². The van der Waals surface area contributed by atoms with Crippen LogP contribution in [0.2, 0.25) is 0 Å². The molecule has 0 fully saturated rings. The lowest BCUT2D eigenvalue weighted by Crippen LogP contribution is -2.17. The molecule has 3 aromatic heterocycles. The van der Waals surface area contributed by atoms with Crippen molar-refractivity contribution in [1.82, 2.24) is 24.5 Å². The summed E-state index contributed by atoms with van der Waals surface area (Å²) in [7, 11) is 0. The summed E-state index contributed by atoms with van der Waals surface area (Å²) in [6.07, 6.45) is 1.88. The summed E-state index contributed by atoms with van der Waals surface area (Å²) >= 11 is 0. The molecule has 0 spiro atoms. The summed E-state index contributed by atoms with van der Waals surface area (Å²) in [5.41, 5.74) is 15.0. The Kier molecular flexibility index (Phi) is 7.76. The summed E-state index contributed by atoms with van der Waals surface area (Å²) in [5, 5.41) is 2.34. The summed E-state index contributed by atoms with van der Waals surface area (Å²) in [6.45, 7) is 4.65. The normalized spacial score (nSPS) is 12.8. The lowest BCUT2D eigenvalue weighted by atomic mass is 9.80. The molecule has 58 heavy (non-hydrogen) atoms. The van der Waals surface area contributed by atoms with Gasteiger partial charge in [0.15, 0.2) is 17.5 Å². The standard InChI is InChI=1S/C53H37N5/c1-53(2)46-33-36(58-47-29-14-13-23-40(47)44-28-16-32-54-52(44)58)30-31-39(46)41-26-15-27-45(48(41)53)51-56-49(42-24-11-9-21-37(42)34-17-5-3-6-18-34)55-50(57-51)43-25-12-10-22-38(43)35-19-7-4-8-20-35/h3-33H,1-2H3. The quantitative estimate of drug-likeness (QED) is 0.170. The van der Waals surface area contributed by atoms with Gasteiger partial charge in [0.2, 0.25) is 0 Å². The first-order chi connectivity index (χ1) is 28.5. The van der Waals surface area contributed by atoms with Gasteiger partial charge in [0.1, 0.15) is 5.65 Å². The van der Waals surface area contributed by atoms with E-state index in [0.717, 1.165) is 61.2 Å². The average molecular weight is 744 g/mol. The number of fused-ring (bicyclic) bond motifs is 6. The van der Waals surface area contributed by atoms with Gasteiger partial charge in [-0.1, -0.05) is 166 Å². The van der Waals surface area contributed by atoms with Crippen LogP contribution in [0.4, 0.5) is 0 Å². The molecule has 0 saturated carbocycles. The zero-order valence-electron chi connectivity index (χ0n) is 32.1. The molecule has 10 aromatic rings. The van der Waals surface area contributed by atoms with E-state index in [9.17, 15) is 0 Å². The molecule has 11 rings (SSSR count). The Morgan fingerprint density at radius 2 is 0.931 bits per heavy atom. The summed E-state index contributed by atoms with van der Waals surface area (Å²) < 4.78 is 2.30. The monoisotopic (exact) mass is 743 g/mol. The fraction of sp³-hybridized carbons (Fsp3) is 0.0566.